The van der Waals surface area contributed by atoms with Gasteiger partial charge in [0.1, 0.15) is 5.69 Å². The Morgan fingerprint density at radius 2 is 1.53 bits per heavy atom. The number of alkyl halides is 3. The van der Waals surface area contributed by atoms with Crippen LogP contribution in [0.5, 0.6) is 0 Å². The van der Waals surface area contributed by atoms with Crippen molar-refractivity contribution < 1.29 is 18.0 Å². The molecule has 0 spiro atoms. The standard InChI is InChI=1S/C28H25F3N4O/c29-28(30,31)26-18-25(23-8-4-5-9-24(23)33-26)32-22-12-10-21(11-13-22)27(36)35-16-14-34(15-17-35)19-20-6-2-1-3-7-20/h1-13,18H,14-17,19H2,(H,32,33). The van der Waals surface area contributed by atoms with E-state index in [1.165, 1.54) is 5.56 Å². The molecule has 1 aromatic heterocycles. The van der Waals surface area contributed by atoms with Crippen molar-refractivity contribution in [2.75, 3.05) is 31.5 Å². The summed E-state index contributed by atoms with van der Waals surface area (Å²) in [6.45, 7) is 3.76. The van der Waals surface area contributed by atoms with E-state index in [9.17, 15) is 18.0 Å². The van der Waals surface area contributed by atoms with E-state index in [1.54, 1.807) is 48.5 Å². The quantitative estimate of drug-likeness (QED) is 0.375. The van der Waals surface area contributed by atoms with E-state index < -0.39 is 11.9 Å². The third-order valence-electron chi connectivity index (χ3n) is 6.33. The lowest BCUT2D eigenvalue weighted by Gasteiger charge is -2.34. The molecule has 5 nitrogen and oxygen atoms in total. The smallest absolute Gasteiger partial charge is 0.355 e. The third kappa shape index (κ3) is 5.33. The summed E-state index contributed by atoms with van der Waals surface area (Å²) in [4.78, 5) is 20.9. The van der Waals surface area contributed by atoms with Crippen LogP contribution in [-0.2, 0) is 12.7 Å². The summed E-state index contributed by atoms with van der Waals surface area (Å²) in [5, 5.41) is 3.64. The van der Waals surface area contributed by atoms with E-state index in [4.69, 9.17) is 0 Å². The fraction of sp³-hybridized carbons (Fsp3) is 0.214. The highest BCUT2D eigenvalue weighted by molar-refractivity contribution is 5.96. The lowest BCUT2D eigenvalue weighted by molar-refractivity contribution is -0.140. The number of carbonyl (C=O) groups excluding carboxylic acids is 1. The number of para-hydroxylation sites is 1. The second kappa shape index (κ2) is 9.99. The van der Waals surface area contributed by atoms with Crippen LogP contribution in [0.25, 0.3) is 10.9 Å². The van der Waals surface area contributed by atoms with Crippen LogP contribution in [0.3, 0.4) is 0 Å². The van der Waals surface area contributed by atoms with Gasteiger partial charge in [-0.25, -0.2) is 4.98 Å². The van der Waals surface area contributed by atoms with Crippen molar-refractivity contribution in [2.24, 2.45) is 0 Å². The number of amides is 1. The van der Waals surface area contributed by atoms with Crippen molar-refractivity contribution in [1.82, 2.24) is 14.8 Å². The summed E-state index contributed by atoms with van der Waals surface area (Å²) in [7, 11) is 0. The highest BCUT2D eigenvalue weighted by Crippen LogP contribution is 2.34. The van der Waals surface area contributed by atoms with E-state index >= 15 is 0 Å². The van der Waals surface area contributed by atoms with Gasteiger partial charge >= 0.3 is 6.18 Å². The molecule has 184 valence electrons. The van der Waals surface area contributed by atoms with E-state index in [2.05, 4.69) is 27.3 Å². The van der Waals surface area contributed by atoms with Crippen molar-refractivity contribution in [2.45, 2.75) is 12.7 Å². The minimum Gasteiger partial charge on any atom is -0.355 e. The Balaban J connectivity index is 1.25. The largest absolute Gasteiger partial charge is 0.433 e. The fourth-order valence-electron chi connectivity index (χ4n) is 4.41. The second-order valence-corrected chi connectivity index (χ2v) is 8.83. The molecule has 1 amide bonds. The number of halogens is 3. The molecule has 1 aliphatic heterocycles. The molecule has 8 heteroatoms. The maximum atomic E-state index is 13.4. The molecule has 3 aromatic carbocycles. The zero-order chi connectivity index (χ0) is 25.1. The van der Waals surface area contributed by atoms with Gasteiger partial charge in [-0.05, 0) is 42.0 Å². The van der Waals surface area contributed by atoms with Gasteiger partial charge in [0.2, 0.25) is 0 Å². The number of fused-ring (bicyclic) bond motifs is 1. The molecule has 0 saturated carbocycles. The first kappa shape index (κ1) is 23.8. The van der Waals surface area contributed by atoms with Crippen LogP contribution in [0, 0.1) is 0 Å². The topological polar surface area (TPSA) is 48.5 Å². The zero-order valence-electron chi connectivity index (χ0n) is 19.5. The molecular formula is C28H25F3N4O. The van der Waals surface area contributed by atoms with Crippen molar-refractivity contribution in [3.63, 3.8) is 0 Å². The van der Waals surface area contributed by atoms with Crippen LogP contribution >= 0.6 is 0 Å². The van der Waals surface area contributed by atoms with Gasteiger partial charge in [-0.2, -0.15) is 13.2 Å². The molecular weight excluding hydrogens is 465 g/mol. The molecule has 0 aliphatic carbocycles. The third-order valence-corrected chi connectivity index (χ3v) is 6.33. The number of carbonyl (C=O) groups is 1. The van der Waals surface area contributed by atoms with Gasteiger partial charge in [0, 0.05) is 49.4 Å². The van der Waals surface area contributed by atoms with Gasteiger partial charge in [-0.3, -0.25) is 9.69 Å². The molecule has 0 bridgehead atoms. The van der Waals surface area contributed by atoms with Crippen molar-refractivity contribution in [1.29, 1.82) is 0 Å². The van der Waals surface area contributed by atoms with E-state index in [-0.39, 0.29) is 11.4 Å². The highest BCUT2D eigenvalue weighted by Gasteiger charge is 2.33. The van der Waals surface area contributed by atoms with Crippen LogP contribution < -0.4 is 5.32 Å². The first-order valence-corrected chi connectivity index (χ1v) is 11.8. The maximum Gasteiger partial charge on any atom is 0.433 e. The highest BCUT2D eigenvalue weighted by atomic mass is 19.4. The number of aromatic nitrogens is 1. The Hall–Kier alpha value is -3.91. The minimum atomic E-state index is -4.55. The number of benzene rings is 3. The number of nitrogens with zero attached hydrogens (tertiary/aromatic N) is 3. The van der Waals surface area contributed by atoms with Gasteiger partial charge in [-0.15, -0.1) is 0 Å². The van der Waals surface area contributed by atoms with Gasteiger partial charge in [0.25, 0.3) is 5.91 Å². The predicted molar refractivity (Wildman–Crippen MR) is 134 cm³/mol. The van der Waals surface area contributed by atoms with Gasteiger partial charge in [0.15, 0.2) is 0 Å². The summed E-state index contributed by atoms with van der Waals surface area (Å²) in [5.41, 5.74) is 2.00. The zero-order valence-corrected chi connectivity index (χ0v) is 19.5. The van der Waals surface area contributed by atoms with Crippen molar-refractivity contribution >= 4 is 28.2 Å². The average Bonchev–Trinajstić information content (AvgIpc) is 2.89. The van der Waals surface area contributed by atoms with Gasteiger partial charge < -0.3 is 10.2 Å². The molecule has 0 unspecified atom stereocenters. The molecule has 1 aliphatic rings. The Labute approximate surface area is 207 Å². The first-order chi connectivity index (χ1) is 17.4. The summed E-state index contributed by atoms with van der Waals surface area (Å²) in [5.74, 6) is -0.0466. The number of pyridine rings is 1. The number of hydrogen-bond acceptors (Lipinski definition) is 4. The van der Waals surface area contributed by atoms with Crippen LogP contribution in [0.15, 0.2) is 84.9 Å². The van der Waals surface area contributed by atoms with Crippen molar-refractivity contribution in [3.8, 4) is 0 Å². The minimum absolute atomic E-state index is 0.0466. The van der Waals surface area contributed by atoms with Crippen LogP contribution in [0.4, 0.5) is 24.5 Å². The molecule has 0 radical (unpaired) electrons. The predicted octanol–water partition coefficient (Wildman–Crippen LogP) is 5.96. The Morgan fingerprint density at radius 3 is 2.22 bits per heavy atom. The number of piperazine rings is 1. The molecule has 5 rings (SSSR count). The van der Waals surface area contributed by atoms with E-state index in [0.717, 1.165) is 25.7 Å². The van der Waals surface area contributed by atoms with E-state index in [0.29, 0.717) is 35.4 Å². The molecule has 1 fully saturated rings. The number of hydrogen-bond donors (Lipinski definition) is 1. The lowest BCUT2D eigenvalue weighted by Crippen LogP contribution is -2.48. The summed E-state index contributed by atoms with van der Waals surface area (Å²) < 4.78 is 40.1. The molecule has 2 heterocycles. The summed E-state index contributed by atoms with van der Waals surface area (Å²) >= 11 is 0. The Kier molecular flexibility index (Phi) is 6.61. The fourth-order valence-corrected chi connectivity index (χ4v) is 4.41. The number of anilines is 2. The molecule has 1 N–H and O–H groups in total. The van der Waals surface area contributed by atoms with E-state index in [1.807, 2.05) is 23.1 Å². The molecule has 1 saturated heterocycles. The normalized spacial score (nSPS) is 14.7. The molecule has 36 heavy (non-hydrogen) atoms. The van der Waals surface area contributed by atoms with Gasteiger partial charge in [0.05, 0.1) is 11.2 Å². The summed E-state index contributed by atoms with van der Waals surface area (Å²) in [6.07, 6.45) is -4.55. The van der Waals surface area contributed by atoms with Crippen LogP contribution in [-0.4, -0.2) is 46.9 Å². The SMILES string of the molecule is O=C(c1ccc(Nc2cc(C(F)(F)F)nc3ccccc23)cc1)N1CCN(Cc2ccccc2)CC1. The summed E-state index contributed by atoms with van der Waals surface area (Å²) in [6, 6.07) is 24.8. The Morgan fingerprint density at radius 1 is 0.861 bits per heavy atom. The second-order valence-electron chi connectivity index (χ2n) is 8.83. The van der Waals surface area contributed by atoms with Crippen molar-refractivity contribution in [3.05, 3.63) is 102 Å². The average molecular weight is 491 g/mol. The number of nitrogens with one attached hydrogen (secondary N) is 1. The molecule has 4 aromatic rings. The van der Waals surface area contributed by atoms with Gasteiger partial charge in [-0.1, -0.05) is 48.5 Å². The lowest BCUT2D eigenvalue weighted by atomic mass is 10.1. The number of rotatable bonds is 5. The maximum absolute atomic E-state index is 13.4. The first-order valence-electron chi connectivity index (χ1n) is 11.8. The van der Waals surface area contributed by atoms with Crippen LogP contribution in [0.2, 0.25) is 0 Å². The monoisotopic (exact) mass is 490 g/mol. The van der Waals surface area contributed by atoms with Crippen LogP contribution in [0.1, 0.15) is 21.6 Å². The Bertz CT molecular complexity index is 1350. The molecule has 0 atom stereocenters.